The van der Waals surface area contributed by atoms with Gasteiger partial charge >= 0.3 is 5.97 Å². The minimum Gasteiger partial charge on any atom is -0.480 e. The number of aliphatic carboxylic acids is 1. The molecular formula is C25H29N5O5S. The van der Waals surface area contributed by atoms with Crippen LogP contribution in [-0.4, -0.2) is 64.2 Å². The highest BCUT2D eigenvalue weighted by atomic mass is 32.1. The van der Waals surface area contributed by atoms with Gasteiger partial charge in [0.25, 0.3) is 0 Å². The number of carboxylic acid groups (broad SMARTS) is 1. The number of benzene rings is 2. The molecule has 3 atom stereocenters. The quantitative estimate of drug-likeness (QED) is 0.174. The van der Waals surface area contributed by atoms with Crippen molar-refractivity contribution in [2.75, 3.05) is 12.3 Å². The molecule has 3 aromatic rings. The molecule has 0 saturated carbocycles. The lowest BCUT2D eigenvalue weighted by molar-refractivity contribution is -0.141. The smallest absolute Gasteiger partial charge is 0.327 e. The van der Waals surface area contributed by atoms with Crippen LogP contribution in [0.15, 0.2) is 60.8 Å². The molecule has 11 heteroatoms. The molecule has 3 unspecified atom stereocenters. The van der Waals surface area contributed by atoms with Crippen molar-refractivity contribution in [1.82, 2.24) is 20.9 Å². The Labute approximate surface area is 213 Å². The summed E-state index contributed by atoms with van der Waals surface area (Å²) in [4.78, 5) is 53.0. The topological polar surface area (TPSA) is 166 Å². The average molecular weight is 512 g/mol. The maximum absolute atomic E-state index is 13.4. The van der Waals surface area contributed by atoms with Gasteiger partial charge in [0.2, 0.25) is 17.7 Å². The summed E-state index contributed by atoms with van der Waals surface area (Å²) in [6.07, 6.45) is 2.02. The van der Waals surface area contributed by atoms with E-state index >= 15 is 0 Å². The molecule has 0 spiro atoms. The van der Waals surface area contributed by atoms with Crippen molar-refractivity contribution >= 4 is 47.2 Å². The van der Waals surface area contributed by atoms with Gasteiger partial charge in [0.1, 0.15) is 18.1 Å². The van der Waals surface area contributed by atoms with Crippen molar-refractivity contribution in [3.05, 3.63) is 71.9 Å². The molecule has 0 bridgehead atoms. The van der Waals surface area contributed by atoms with Crippen LogP contribution in [0.3, 0.4) is 0 Å². The summed E-state index contributed by atoms with van der Waals surface area (Å²) >= 11 is 3.98. The number of aromatic amines is 1. The average Bonchev–Trinajstić information content (AvgIpc) is 3.29. The number of thiol groups is 1. The van der Waals surface area contributed by atoms with Crippen LogP contribution in [0.25, 0.3) is 10.9 Å². The molecule has 7 N–H and O–H groups in total. The number of nitrogens with two attached hydrogens (primary N) is 1. The lowest BCUT2D eigenvalue weighted by Crippen LogP contribution is -2.57. The molecule has 2 aromatic carbocycles. The first kappa shape index (κ1) is 26.8. The zero-order valence-corrected chi connectivity index (χ0v) is 20.3. The predicted molar refractivity (Wildman–Crippen MR) is 138 cm³/mol. The highest BCUT2D eigenvalue weighted by molar-refractivity contribution is 7.80. The van der Waals surface area contributed by atoms with Crippen LogP contribution in [0.1, 0.15) is 11.1 Å². The van der Waals surface area contributed by atoms with Crippen LogP contribution in [0, 0.1) is 0 Å². The molecule has 0 aliphatic rings. The number of hydrogen-bond acceptors (Lipinski definition) is 6. The molecule has 190 valence electrons. The summed E-state index contributed by atoms with van der Waals surface area (Å²) in [5.74, 6) is -3.17. The van der Waals surface area contributed by atoms with Gasteiger partial charge in [-0.1, -0.05) is 48.5 Å². The number of carboxylic acids is 1. The Morgan fingerprint density at radius 1 is 0.861 bits per heavy atom. The van der Waals surface area contributed by atoms with Gasteiger partial charge in [-0.05, 0) is 17.2 Å². The van der Waals surface area contributed by atoms with Crippen molar-refractivity contribution in [1.29, 1.82) is 0 Å². The van der Waals surface area contributed by atoms with Gasteiger partial charge in [0.05, 0.1) is 6.54 Å². The minimum atomic E-state index is -1.24. The van der Waals surface area contributed by atoms with Crippen molar-refractivity contribution in [3.8, 4) is 0 Å². The van der Waals surface area contributed by atoms with Crippen LogP contribution in [-0.2, 0) is 32.0 Å². The first-order valence-corrected chi connectivity index (χ1v) is 12.0. The molecular weight excluding hydrogens is 482 g/mol. The zero-order chi connectivity index (χ0) is 26.1. The maximum Gasteiger partial charge on any atom is 0.327 e. The lowest BCUT2D eigenvalue weighted by Gasteiger charge is -2.24. The fraction of sp³-hybridized carbons (Fsp3) is 0.280. The monoisotopic (exact) mass is 511 g/mol. The summed E-state index contributed by atoms with van der Waals surface area (Å²) in [6.45, 7) is -0.312. The second-order valence-electron chi connectivity index (χ2n) is 8.22. The van der Waals surface area contributed by atoms with E-state index in [1.165, 1.54) is 0 Å². The highest BCUT2D eigenvalue weighted by Gasteiger charge is 2.30. The number of aromatic nitrogens is 1. The number of carbonyl (C=O) groups is 4. The third-order valence-electron chi connectivity index (χ3n) is 5.65. The van der Waals surface area contributed by atoms with Crippen LogP contribution in [0.4, 0.5) is 0 Å². The molecule has 3 amide bonds. The Balaban J connectivity index is 1.84. The van der Waals surface area contributed by atoms with Crippen molar-refractivity contribution in [2.24, 2.45) is 5.73 Å². The van der Waals surface area contributed by atoms with Gasteiger partial charge in [-0.15, -0.1) is 0 Å². The number of rotatable bonds is 12. The van der Waals surface area contributed by atoms with Crippen LogP contribution >= 0.6 is 12.6 Å². The molecule has 0 fully saturated rings. The van der Waals surface area contributed by atoms with Crippen molar-refractivity contribution in [3.63, 3.8) is 0 Å². The van der Waals surface area contributed by atoms with Gasteiger partial charge < -0.3 is 31.8 Å². The Bertz CT molecular complexity index is 1220. The van der Waals surface area contributed by atoms with Crippen LogP contribution < -0.4 is 21.7 Å². The van der Waals surface area contributed by atoms with E-state index in [2.05, 4.69) is 33.6 Å². The first-order chi connectivity index (χ1) is 17.3. The molecule has 36 heavy (non-hydrogen) atoms. The van der Waals surface area contributed by atoms with Crippen LogP contribution in [0.5, 0.6) is 0 Å². The number of nitrogens with one attached hydrogen (secondary N) is 4. The molecule has 0 aliphatic carbocycles. The number of fused-ring (bicyclic) bond motifs is 1. The molecule has 0 saturated heterocycles. The number of para-hydroxylation sites is 1. The Morgan fingerprint density at radius 2 is 1.47 bits per heavy atom. The van der Waals surface area contributed by atoms with E-state index in [0.29, 0.717) is 0 Å². The van der Waals surface area contributed by atoms with Crippen molar-refractivity contribution in [2.45, 2.75) is 31.0 Å². The van der Waals surface area contributed by atoms with E-state index in [0.717, 1.165) is 22.0 Å². The van der Waals surface area contributed by atoms with Crippen LogP contribution in [0.2, 0.25) is 0 Å². The standard InChI is InChI=1S/C25H29N5O5S/c26-12-22(31)28-20(11-16-13-27-18-9-5-4-8-17(16)18)24(33)29-19(10-15-6-2-1-3-7-15)23(32)30-21(14-36)25(34)35/h1-9,13,19-21,27,36H,10-12,14,26H2,(H,28,31)(H,29,33)(H,30,32)(H,34,35). The normalized spacial score (nSPS) is 13.4. The lowest BCUT2D eigenvalue weighted by atomic mass is 10.0. The summed E-state index contributed by atoms with van der Waals surface area (Å²) in [5.41, 5.74) is 7.90. The summed E-state index contributed by atoms with van der Waals surface area (Å²) in [6, 6.07) is 13.2. The SMILES string of the molecule is NCC(=O)NC(Cc1c[nH]c2ccccc12)C(=O)NC(Cc1ccccc1)C(=O)NC(CS)C(=O)O. The summed E-state index contributed by atoms with van der Waals surface area (Å²) < 4.78 is 0. The van der Waals surface area contributed by atoms with E-state index < -0.39 is 41.8 Å². The highest BCUT2D eigenvalue weighted by Crippen LogP contribution is 2.19. The molecule has 10 nitrogen and oxygen atoms in total. The third kappa shape index (κ3) is 7.09. The summed E-state index contributed by atoms with van der Waals surface area (Å²) in [7, 11) is 0. The third-order valence-corrected chi connectivity index (χ3v) is 6.01. The van der Waals surface area contributed by atoms with Crippen molar-refractivity contribution < 1.29 is 24.3 Å². The second kappa shape index (κ2) is 12.8. The molecule has 1 aromatic heterocycles. The van der Waals surface area contributed by atoms with E-state index in [4.69, 9.17) is 5.73 Å². The van der Waals surface area contributed by atoms with E-state index in [9.17, 15) is 24.3 Å². The van der Waals surface area contributed by atoms with Gasteiger partial charge in [-0.2, -0.15) is 12.6 Å². The van der Waals surface area contributed by atoms with E-state index in [1.807, 2.05) is 30.3 Å². The Kier molecular flexibility index (Phi) is 9.48. The molecule has 1 heterocycles. The fourth-order valence-corrected chi connectivity index (χ4v) is 4.02. The number of hydrogen-bond donors (Lipinski definition) is 7. The molecule has 0 aliphatic heterocycles. The van der Waals surface area contributed by atoms with Gasteiger partial charge in [0.15, 0.2) is 0 Å². The largest absolute Gasteiger partial charge is 0.480 e. The van der Waals surface area contributed by atoms with Gasteiger partial charge in [0, 0.05) is 35.7 Å². The van der Waals surface area contributed by atoms with Gasteiger partial charge in [-0.3, -0.25) is 14.4 Å². The second-order valence-corrected chi connectivity index (χ2v) is 8.59. The first-order valence-electron chi connectivity index (χ1n) is 11.3. The Hall–Kier alpha value is -3.83. The predicted octanol–water partition coefficient (Wildman–Crippen LogP) is 0.381. The van der Waals surface area contributed by atoms with E-state index in [-0.39, 0.29) is 25.1 Å². The number of carbonyl (C=O) groups excluding carboxylic acids is 3. The zero-order valence-electron chi connectivity index (χ0n) is 19.4. The number of H-pyrrole nitrogens is 1. The number of amides is 3. The summed E-state index contributed by atoms with van der Waals surface area (Å²) in [5, 5.41) is 17.9. The minimum absolute atomic E-state index is 0.113. The maximum atomic E-state index is 13.4. The molecule has 0 radical (unpaired) electrons. The molecule has 3 rings (SSSR count). The van der Waals surface area contributed by atoms with E-state index in [1.54, 1.807) is 30.5 Å². The van der Waals surface area contributed by atoms with Gasteiger partial charge in [-0.25, -0.2) is 4.79 Å². The fourth-order valence-electron chi connectivity index (χ4n) is 3.77. The Morgan fingerprint density at radius 3 is 2.11 bits per heavy atom.